The lowest BCUT2D eigenvalue weighted by Gasteiger charge is -2.36. The second-order valence-corrected chi connectivity index (χ2v) is 13.4. The molecule has 0 bridgehead atoms. The third kappa shape index (κ3) is 6.21. The van der Waals surface area contributed by atoms with Crippen LogP contribution in [0.4, 0.5) is 0 Å². The predicted octanol–water partition coefficient (Wildman–Crippen LogP) is 5.83. The zero-order valence-corrected chi connectivity index (χ0v) is 18.8. The van der Waals surface area contributed by atoms with Gasteiger partial charge in [-0.3, -0.25) is 0 Å². The second kappa shape index (κ2) is 9.39. The van der Waals surface area contributed by atoms with Crippen LogP contribution in [0.2, 0.25) is 18.1 Å². The van der Waals surface area contributed by atoms with Crippen LogP contribution in [0.25, 0.3) is 0 Å². The Balaban J connectivity index is 1.96. The summed E-state index contributed by atoms with van der Waals surface area (Å²) < 4.78 is 17.6. The summed E-state index contributed by atoms with van der Waals surface area (Å²) in [6.07, 6.45) is -0.330. The molecule has 4 nitrogen and oxygen atoms in total. The quantitative estimate of drug-likeness (QED) is 0.413. The summed E-state index contributed by atoms with van der Waals surface area (Å²) in [6, 6.07) is 17.0. The number of rotatable bonds is 8. The first-order chi connectivity index (χ1) is 13.1. The summed E-state index contributed by atoms with van der Waals surface area (Å²) in [4.78, 5) is 12.7. The van der Waals surface area contributed by atoms with Gasteiger partial charge in [-0.2, -0.15) is 0 Å². The summed E-state index contributed by atoms with van der Waals surface area (Å²) in [5, 5.41) is 0.120. The van der Waals surface area contributed by atoms with Crippen molar-refractivity contribution in [2.75, 3.05) is 6.61 Å². The van der Waals surface area contributed by atoms with Crippen molar-refractivity contribution in [3.63, 3.8) is 0 Å². The molecular weight excluding hydrogens is 368 g/mol. The maximum absolute atomic E-state index is 12.7. The van der Waals surface area contributed by atoms with E-state index in [0.717, 1.165) is 5.56 Å². The number of para-hydroxylation sites is 1. The smallest absolute Gasteiger partial charge is 0.342 e. The van der Waals surface area contributed by atoms with Crippen LogP contribution < -0.4 is 4.74 Å². The lowest BCUT2D eigenvalue weighted by Crippen LogP contribution is -2.42. The van der Waals surface area contributed by atoms with E-state index in [2.05, 4.69) is 33.9 Å². The molecule has 0 aliphatic carbocycles. The van der Waals surface area contributed by atoms with Gasteiger partial charge in [0, 0.05) is 0 Å². The molecule has 0 heterocycles. The number of carbonyl (C=O) groups is 1. The fourth-order valence-electron chi connectivity index (χ4n) is 2.32. The van der Waals surface area contributed by atoms with Gasteiger partial charge in [0.15, 0.2) is 8.32 Å². The number of carbonyl (C=O) groups excluding carboxylic acids is 1. The summed E-state index contributed by atoms with van der Waals surface area (Å²) in [5.41, 5.74) is 1.47. The minimum atomic E-state index is -1.88. The molecule has 152 valence electrons. The standard InChI is InChI=1S/C23H32O4Si/c1-18(16-26-28(5,6)23(2,3)4)27-22(24)20-14-10-11-15-21(20)25-17-19-12-8-7-9-13-19/h7-15,18H,16-17H2,1-6H3. The third-order valence-corrected chi connectivity index (χ3v) is 9.64. The average Bonchev–Trinajstić information content (AvgIpc) is 2.65. The molecule has 0 aliphatic rings. The molecule has 0 radical (unpaired) electrons. The first-order valence-electron chi connectivity index (χ1n) is 9.71. The Morgan fingerprint density at radius 2 is 1.61 bits per heavy atom. The minimum absolute atomic E-state index is 0.120. The minimum Gasteiger partial charge on any atom is -0.488 e. The van der Waals surface area contributed by atoms with Gasteiger partial charge < -0.3 is 13.9 Å². The van der Waals surface area contributed by atoms with Gasteiger partial charge in [-0.15, -0.1) is 0 Å². The first kappa shape index (κ1) is 22.2. The number of hydrogen-bond donors (Lipinski definition) is 0. The Kier molecular flexibility index (Phi) is 7.44. The van der Waals surface area contributed by atoms with E-state index in [-0.39, 0.29) is 11.1 Å². The molecule has 28 heavy (non-hydrogen) atoms. The highest BCUT2D eigenvalue weighted by Crippen LogP contribution is 2.36. The highest BCUT2D eigenvalue weighted by atomic mass is 28.4. The van der Waals surface area contributed by atoms with E-state index in [1.165, 1.54) is 0 Å². The van der Waals surface area contributed by atoms with E-state index in [1.807, 2.05) is 49.4 Å². The Morgan fingerprint density at radius 3 is 2.25 bits per heavy atom. The zero-order chi connectivity index (χ0) is 20.8. The highest BCUT2D eigenvalue weighted by Gasteiger charge is 2.37. The Labute approximate surface area is 170 Å². The van der Waals surface area contributed by atoms with Crippen LogP contribution >= 0.6 is 0 Å². The van der Waals surface area contributed by atoms with Crippen LogP contribution in [0.1, 0.15) is 43.6 Å². The topological polar surface area (TPSA) is 44.8 Å². The maximum atomic E-state index is 12.7. The normalized spacial score (nSPS) is 13.1. The van der Waals surface area contributed by atoms with Gasteiger partial charge in [-0.25, -0.2) is 4.79 Å². The van der Waals surface area contributed by atoms with E-state index in [4.69, 9.17) is 13.9 Å². The Bertz CT molecular complexity index is 766. The molecule has 0 aliphatic heterocycles. The number of benzene rings is 2. The van der Waals surface area contributed by atoms with Crippen LogP contribution in [0.5, 0.6) is 5.75 Å². The molecule has 0 saturated carbocycles. The van der Waals surface area contributed by atoms with Crippen molar-refractivity contribution in [2.24, 2.45) is 0 Å². The van der Waals surface area contributed by atoms with Crippen molar-refractivity contribution >= 4 is 14.3 Å². The van der Waals surface area contributed by atoms with E-state index in [0.29, 0.717) is 24.5 Å². The van der Waals surface area contributed by atoms with E-state index < -0.39 is 14.3 Å². The summed E-state index contributed by atoms with van der Waals surface area (Å²) >= 11 is 0. The van der Waals surface area contributed by atoms with Crippen molar-refractivity contribution in [1.29, 1.82) is 0 Å². The van der Waals surface area contributed by atoms with Crippen LogP contribution in [-0.4, -0.2) is 27.0 Å². The van der Waals surface area contributed by atoms with E-state index in [9.17, 15) is 4.79 Å². The largest absolute Gasteiger partial charge is 0.488 e. The van der Waals surface area contributed by atoms with Crippen molar-refractivity contribution in [1.82, 2.24) is 0 Å². The van der Waals surface area contributed by atoms with Crippen LogP contribution in [0.3, 0.4) is 0 Å². The van der Waals surface area contributed by atoms with Crippen molar-refractivity contribution in [3.05, 3.63) is 65.7 Å². The van der Waals surface area contributed by atoms with Gasteiger partial charge in [0.05, 0.1) is 6.61 Å². The Morgan fingerprint density at radius 1 is 1.00 bits per heavy atom. The Hall–Kier alpha value is -2.11. The molecule has 2 aromatic carbocycles. The fraction of sp³-hybridized carbons (Fsp3) is 0.435. The zero-order valence-electron chi connectivity index (χ0n) is 17.8. The molecule has 0 amide bonds. The van der Waals surface area contributed by atoms with Gasteiger partial charge in [-0.1, -0.05) is 63.2 Å². The molecule has 0 N–H and O–H groups in total. The summed E-state index contributed by atoms with van der Waals surface area (Å²) in [6.45, 7) is 13.6. The molecule has 2 aromatic rings. The van der Waals surface area contributed by atoms with Gasteiger partial charge in [0.2, 0.25) is 0 Å². The average molecular weight is 401 g/mol. The van der Waals surface area contributed by atoms with E-state index >= 15 is 0 Å². The molecule has 0 fully saturated rings. The van der Waals surface area contributed by atoms with Crippen LogP contribution in [0.15, 0.2) is 54.6 Å². The van der Waals surface area contributed by atoms with E-state index in [1.54, 1.807) is 12.1 Å². The summed E-state index contributed by atoms with van der Waals surface area (Å²) in [7, 11) is -1.88. The van der Waals surface area contributed by atoms with Gasteiger partial charge in [0.1, 0.15) is 24.0 Å². The summed E-state index contributed by atoms with van der Waals surface area (Å²) in [5.74, 6) is 0.129. The van der Waals surface area contributed by atoms with Crippen LogP contribution in [-0.2, 0) is 15.8 Å². The van der Waals surface area contributed by atoms with Crippen molar-refractivity contribution in [3.8, 4) is 5.75 Å². The molecule has 0 aromatic heterocycles. The van der Waals surface area contributed by atoms with Gasteiger partial charge in [0.25, 0.3) is 0 Å². The van der Waals surface area contributed by atoms with Gasteiger partial charge in [-0.05, 0) is 42.8 Å². The van der Waals surface area contributed by atoms with Gasteiger partial charge >= 0.3 is 5.97 Å². The van der Waals surface area contributed by atoms with Crippen molar-refractivity contribution < 1.29 is 18.7 Å². The number of hydrogen-bond acceptors (Lipinski definition) is 4. The molecule has 1 atom stereocenters. The number of esters is 1. The molecule has 1 unspecified atom stereocenters. The molecule has 2 rings (SSSR count). The maximum Gasteiger partial charge on any atom is 0.342 e. The van der Waals surface area contributed by atoms with Crippen LogP contribution in [0, 0.1) is 0 Å². The SMILES string of the molecule is CC(CO[Si](C)(C)C(C)(C)C)OC(=O)c1ccccc1OCc1ccccc1. The molecular formula is C23H32O4Si. The predicted molar refractivity (Wildman–Crippen MR) is 115 cm³/mol. The molecule has 0 saturated heterocycles. The second-order valence-electron chi connectivity index (χ2n) is 8.56. The first-order valence-corrected chi connectivity index (χ1v) is 12.6. The third-order valence-electron chi connectivity index (χ3n) is 5.14. The monoisotopic (exact) mass is 400 g/mol. The highest BCUT2D eigenvalue weighted by molar-refractivity contribution is 6.74. The lowest BCUT2D eigenvalue weighted by molar-refractivity contribution is 0.0208. The van der Waals surface area contributed by atoms with Crippen molar-refractivity contribution in [2.45, 2.75) is 58.5 Å². The molecule has 0 spiro atoms. The fourth-order valence-corrected chi connectivity index (χ4v) is 3.40. The molecule has 5 heteroatoms. The lowest BCUT2D eigenvalue weighted by atomic mass is 10.2. The number of ether oxygens (including phenoxy) is 2.